The molecule has 0 aliphatic rings. The molecule has 0 amide bonds. The Morgan fingerprint density at radius 2 is 0.641 bits per heavy atom. The summed E-state index contributed by atoms with van der Waals surface area (Å²) in [4.78, 5) is 7.02. The van der Waals surface area contributed by atoms with E-state index in [1.165, 1.54) is 44.5 Å². The van der Waals surface area contributed by atoms with E-state index in [4.69, 9.17) is 0 Å². The number of hydrogen-bond acceptors (Lipinski definition) is 3. The van der Waals surface area contributed by atoms with Crippen molar-refractivity contribution in [3.63, 3.8) is 0 Å². The van der Waals surface area contributed by atoms with Gasteiger partial charge in [0.2, 0.25) is 0 Å². The molecule has 0 saturated heterocycles. The van der Waals surface area contributed by atoms with E-state index in [0.29, 0.717) is 0 Å². The Kier molecular flexibility index (Phi) is 11.7. The van der Waals surface area contributed by atoms with Gasteiger partial charge in [0.05, 0.1) is 0 Å². The van der Waals surface area contributed by atoms with Crippen LogP contribution < -0.4 is 14.7 Å². The van der Waals surface area contributed by atoms with Crippen LogP contribution in [0.2, 0.25) is 0 Å². The molecule has 0 atom stereocenters. The average Bonchev–Trinajstić information content (AvgIpc) is 3.34. The second-order valence-electron chi connectivity index (χ2n) is 17.1. The van der Waals surface area contributed by atoms with E-state index in [2.05, 4.69) is 281 Å². The molecule has 0 aromatic heterocycles. The number of para-hydroxylation sites is 2. The normalized spacial score (nSPS) is 11.3. The third kappa shape index (κ3) is 7.64. The van der Waals surface area contributed by atoms with E-state index in [0.717, 1.165) is 50.6 Å². The topological polar surface area (TPSA) is 9.72 Å². The monoisotopic (exact) mass is 829 g/mol. The van der Waals surface area contributed by atoms with E-state index in [1.54, 1.807) is 0 Å². The van der Waals surface area contributed by atoms with Crippen molar-refractivity contribution >= 4 is 22.7 Å². The van der Waals surface area contributed by atoms with Crippen LogP contribution in [0.4, 0.5) is 22.7 Å². The number of benzene rings is 9. The van der Waals surface area contributed by atoms with Gasteiger partial charge in [-0.1, -0.05) is 170 Å². The smallest absolute Gasteiger partial charge is 0.122 e. The van der Waals surface area contributed by atoms with Gasteiger partial charge in [0, 0.05) is 50.9 Å². The minimum atomic E-state index is -0.986. The summed E-state index contributed by atoms with van der Waals surface area (Å²) in [6, 6.07) is 82.7. The van der Waals surface area contributed by atoms with Gasteiger partial charge in [-0.2, -0.15) is 0 Å². The van der Waals surface area contributed by atoms with Crippen molar-refractivity contribution in [1.29, 1.82) is 0 Å². The first kappa shape index (κ1) is 41.7. The molecule has 0 bridgehead atoms. The summed E-state index contributed by atoms with van der Waals surface area (Å²) in [5.41, 5.74) is 18.7. The third-order valence-corrected chi connectivity index (χ3v) is 12.6. The van der Waals surface area contributed by atoms with Crippen LogP contribution in [0.15, 0.2) is 224 Å². The number of hydrogen-bond donors (Lipinski definition) is 0. The molecule has 0 N–H and O–H groups in total. The van der Waals surface area contributed by atoms with Gasteiger partial charge < -0.3 is 14.7 Å². The summed E-state index contributed by atoms with van der Waals surface area (Å²) in [6.45, 7) is 4.59. The molecule has 0 spiro atoms. The van der Waals surface area contributed by atoms with Gasteiger partial charge in [-0.15, -0.1) is 0 Å². The van der Waals surface area contributed by atoms with Crippen molar-refractivity contribution in [2.45, 2.75) is 19.4 Å². The molecule has 0 saturated carbocycles. The van der Waals surface area contributed by atoms with Crippen molar-refractivity contribution < 1.29 is 0 Å². The third-order valence-electron chi connectivity index (χ3n) is 12.6. The molecular weight excluding hydrogens is 775 g/mol. The summed E-state index contributed by atoms with van der Waals surface area (Å²) in [7, 11) is 8.50. The standard InChI is InChI=1S/C61H55N3/c1-44-41-52(62(3)4)37-39-55(44)61(56-40-38-53(63(5)6)42-45(56)2,64(50-33-21-11-22-34-50)51-35-23-12-24-36-51)57-43-54(46-25-13-7-14-26-46)58(47-27-15-8-16-28-47)60(49-31-19-10-20-32-49)59(57)48-29-17-9-18-30-48/h7-43H,1-6H3. The Balaban J connectivity index is 1.63. The van der Waals surface area contributed by atoms with Crippen LogP contribution in [0.25, 0.3) is 44.5 Å². The highest BCUT2D eigenvalue weighted by Crippen LogP contribution is 2.58. The van der Waals surface area contributed by atoms with Crippen LogP contribution in [0.5, 0.6) is 0 Å². The van der Waals surface area contributed by atoms with Crippen molar-refractivity contribution in [3.8, 4) is 44.5 Å². The van der Waals surface area contributed by atoms with E-state index in [1.807, 2.05) is 0 Å². The maximum atomic E-state index is 2.62. The summed E-state index contributed by atoms with van der Waals surface area (Å²) in [5, 5.41) is 0. The molecule has 314 valence electrons. The van der Waals surface area contributed by atoms with Gasteiger partial charge in [0.25, 0.3) is 0 Å². The van der Waals surface area contributed by atoms with Gasteiger partial charge in [-0.3, -0.25) is 0 Å². The second-order valence-corrected chi connectivity index (χ2v) is 17.1. The average molecular weight is 830 g/mol. The van der Waals surface area contributed by atoms with E-state index < -0.39 is 5.54 Å². The van der Waals surface area contributed by atoms with Crippen molar-refractivity contribution in [3.05, 3.63) is 252 Å². The Hall–Kier alpha value is -7.62. The first-order valence-corrected chi connectivity index (χ1v) is 22.2. The van der Waals surface area contributed by atoms with E-state index in [-0.39, 0.29) is 0 Å². The molecule has 64 heavy (non-hydrogen) atoms. The minimum absolute atomic E-state index is 0.986. The fourth-order valence-corrected chi connectivity index (χ4v) is 9.67. The van der Waals surface area contributed by atoms with Crippen molar-refractivity contribution in [1.82, 2.24) is 0 Å². The second kappa shape index (κ2) is 18.0. The molecule has 0 unspecified atom stereocenters. The largest absolute Gasteiger partial charge is 0.378 e. The highest BCUT2D eigenvalue weighted by atomic mass is 15.2. The molecule has 0 fully saturated rings. The van der Waals surface area contributed by atoms with Gasteiger partial charge in [0.15, 0.2) is 0 Å². The van der Waals surface area contributed by atoms with Crippen LogP contribution in [-0.4, -0.2) is 28.2 Å². The lowest BCUT2D eigenvalue weighted by atomic mass is 9.67. The predicted molar refractivity (Wildman–Crippen MR) is 274 cm³/mol. The molecular formula is C61H55N3. The lowest BCUT2D eigenvalue weighted by molar-refractivity contribution is 0.620. The van der Waals surface area contributed by atoms with Gasteiger partial charge in [-0.05, 0) is 141 Å². The van der Waals surface area contributed by atoms with Crippen molar-refractivity contribution in [2.24, 2.45) is 0 Å². The Morgan fingerprint density at radius 3 is 1.02 bits per heavy atom. The van der Waals surface area contributed by atoms with Crippen LogP contribution in [0.1, 0.15) is 27.8 Å². The fraction of sp³-hybridized carbons (Fsp3) is 0.115. The zero-order valence-electron chi connectivity index (χ0n) is 37.7. The van der Waals surface area contributed by atoms with Gasteiger partial charge >= 0.3 is 0 Å². The lowest BCUT2D eigenvalue weighted by Crippen LogP contribution is -2.47. The number of rotatable bonds is 12. The maximum Gasteiger partial charge on any atom is 0.122 e. The molecule has 9 rings (SSSR count). The van der Waals surface area contributed by atoms with Crippen molar-refractivity contribution in [2.75, 3.05) is 42.9 Å². The predicted octanol–water partition coefficient (Wildman–Crippen LogP) is 15.2. The molecule has 3 nitrogen and oxygen atoms in total. The quantitative estimate of drug-likeness (QED) is 0.114. The van der Waals surface area contributed by atoms with Crippen LogP contribution >= 0.6 is 0 Å². The van der Waals surface area contributed by atoms with E-state index in [9.17, 15) is 0 Å². The molecule has 0 radical (unpaired) electrons. The summed E-state index contributed by atoms with van der Waals surface area (Å²) in [5.74, 6) is 0. The summed E-state index contributed by atoms with van der Waals surface area (Å²) < 4.78 is 0. The molecule has 0 heterocycles. The highest BCUT2D eigenvalue weighted by molar-refractivity contribution is 6.04. The molecule has 9 aromatic carbocycles. The number of aryl methyl sites for hydroxylation is 2. The first-order chi connectivity index (χ1) is 31.3. The van der Waals surface area contributed by atoms with Crippen LogP contribution in [0.3, 0.4) is 0 Å². The maximum absolute atomic E-state index is 2.62. The van der Waals surface area contributed by atoms with Crippen LogP contribution in [0, 0.1) is 13.8 Å². The fourth-order valence-electron chi connectivity index (χ4n) is 9.67. The van der Waals surface area contributed by atoms with Gasteiger partial charge in [-0.25, -0.2) is 0 Å². The zero-order chi connectivity index (χ0) is 44.2. The SMILES string of the molecule is Cc1cc(N(C)C)ccc1C(c1ccc(N(C)C)cc1C)(c1cc(-c2ccccc2)c(-c2ccccc2)c(-c2ccccc2)c1-c1ccccc1)N(c1ccccc1)c1ccccc1. The summed E-state index contributed by atoms with van der Waals surface area (Å²) in [6.07, 6.45) is 0. The summed E-state index contributed by atoms with van der Waals surface area (Å²) >= 11 is 0. The van der Waals surface area contributed by atoms with E-state index >= 15 is 0 Å². The Morgan fingerprint density at radius 1 is 0.297 bits per heavy atom. The van der Waals surface area contributed by atoms with Gasteiger partial charge in [0.1, 0.15) is 5.54 Å². The molecule has 0 aliphatic carbocycles. The molecule has 3 heteroatoms. The molecule has 0 aliphatic heterocycles. The first-order valence-electron chi connectivity index (χ1n) is 22.2. The minimum Gasteiger partial charge on any atom is -0.378 e. The highest BCUT2D eigenvalue weighted by Gasteiger charge is 2.48. The van der Waals surface area contributed by atoms with Crippen LogP contribution in [-0.2, 0) is 5.54 Å². The Labute approximate surface area is 380 Å². The number of nitrogens with zero attached hydrogens (tertiary/aromatic N) is 3. The number of anilines is 4. The Bertz CT molecular complexity index is 2880. The zero-order valence-corrected chi connectivity index (χ0v) is 37.7. The molecule has 9 aromatic rings. The lowest BCUT2D eigenvalue weighted by Gasteiger charge is -2.50.